The Kier molecular flexibility index (Phi) is 3.69. The quantitative estimate of drug-likeness (QED) is 0.730. The van der Waals surface area contributed by atoms with E-state index in [9.17, 15) is 9.90 Å². The van der Waals surface area contributed by atoms with Crippen LogP contribution in [0.5, 0.6) is 0 Å². The van der Waals surface area contributed by atoms with E-state index in [-0.39, 0.29) is 23.5 Å². The molecule has 0 saturated heterocycles. The number of rotatable bonds is 3. The van der Waals surface area contributed by atoms with Gasteiger partial charge in [0.25, 0.3) is 0 Å². The predicted molar refractivity (Wildman–Crippen MR) is 73.7 cm³/mol. The zero-order chi connectivity index (χ0) is 13.3. The van der Waals surface area contributed by atoms with Crippen molar-refractivity contribution in [2.75, 3.05) is 0 Å². The van der Waals surface area contributed by atoms with E-state index in [2.05, 4.69) is 17.9 Å². The largest absolute Gasteiger partial charge is 0.392 e. The van der Waals surface area contributed by atoms with Crippen molar-refractivity contribution < 1.29 is 9.90 Å². The Hall–Kier alpha value is -1.00. The van der Waals surface area contributed by atoms with Crippen LogP contribution in [0, 0.1) is 5.41 Å². The van der Waals surface area contributed by atoms with E-state index in [4.69, 9.17) is 0 Å². The molecule has 1 fully saturated rings. The number of carbonyl (C=O) groups excluding carboxylic acids is 1. The lowest BCUT2D eigenvalue weighted by molar-refractivity contribution is -0.128. The second-order valence-electron chi connectivity index (χ2n) is 5.54. The van der Waals surface area contributed by atoms with Gasteiger partial charge in [-0.05, 0) is 24.1 Å². The van der Waals surface area contributed by atoms with E-state index in [1.165, 1.54) is 0 Å². The van der Waals surface area contributed by atoms with Gasteiger partial charge in [-0.3, -0.25) is 4.79 Å². The number of amides is 1. The van der Waals surface area contributed by atoms with Crippen molar-refractivity contribution in [3.63, 3.8) is 0 Å². The van der Waals surface area contributed by atoms with E-state index in [1.54, 1.807) is 0 Å². The first-order chi connectivity index (χ1) is 8.39. The number of benzene rings is 1. The third-order valence-corrected chi connectivity index (χ3v) is 4.15. The summed E-state index contributed by atoms with van der Waals surface area (Å²) in [6, 6.07) is 7.64. The minimum atomic E-state index is -0.314. The lowest BCUT2D eigenvalue weighted by Gasteiger charge is -2.49. The van der Waals surface area contributed by atoms with Gasteiger partial charge in [0.1, 0.15) is 0 Å². The van der Waals surface area contributed by atoms with Gasteiger partial charge >= 0.3 is 0 Å². The number of aliphatic hydroxyl groups is 1. The van der Waals surface area contributed by atoms with Gasteiger partial charge in [-0.15, -0.1) is 12.6 Å². The fourth-order valence-electron chi connectivity index (χ4n) is 2.19. The van der Waals surface area contributed by atoms with Crippen LogP contribution in [0.25, 0.3) is 0 Å². The highest BCUT2D eigenvalue weighted by Gasteiger charge is 2.47. The second kappa shape index (κ2) is 4.94. The molecule has 0 bridgehead atoms. The van der Waals surface area contributed by atoms with Gasteiger partial charge in [-0.2, -0.15) is 0 Å². The minimum absolute atomic E-state index is 0.00638. The second-order valence-corrected chi connectivity index (χ2v) is 6.05. The molecule has 4 heteroatoms. The van der Waals surface area contributed by atoms with Gasteiger partial charge in [0.2, 0.25) is 5.91 Å². The van der Waals surface area contributed by atoms with E-state index >= 15 is 0 Å². The van der Waals surface area contributed by atoms with Crippen LogP contribution >= 0.6 is 12.6 Å². The van der Waals surface area contributed by atoms with E-state index < -0.39 is 0 Å². The number of aliphatic hydroxyl groups excluding tert-OH is 1. The maximum Gasteiger partial charge on any atom is 0.224 e. The van der Waals surface area contributed by atoms with Crippen LogP contribution in [-0.4, -0.2) is 23.2 Å². The first kappa shape index (κ1) is 13.4. The monoisotopic (exact) mass is 265 g/mol. The third-order valence-electron chi connectivity index (χ3n) is 3.85. The number of carbonyl (C=O) groups is 1. The molecule has 0 heterocycles. The lowest BCUT2D eigenvalue weighted by atomic mass is 9.64. The van der Waals surface area contributed by atoms with Crippen LogP contribution in [0.2, 0.25) is 0 Å². The van der Waals surface area contributed by atoms with Crippen LogP contribution < -0.4 is 5.32 Å². The summed E-state index contributed by atoms with van der Waals surface area (Å²) >= 11 is 4.21. The number of hydrogen-bond acceptors (Lipinski definition) is 3. The van der Waals surface area contributed by atoms with Crippen molar-refractivity contribution in [3.05, 3.63) is 29.8 Å². The van der Waals surface area contributed by atoms with E-state index in [0.29, 0.717) is 12.8 Å². The first-order valence-electron chi connectivity index (χ1n) is 6.15. The maximum atomic E-state index is 11.9. The molecule has 2 rings (SSSR count). The summed E-state index contributed by atoms with van der Waals surface area (Å²) in [7, 11) is 0. The summed E-state index contributed by atoms with van der Waals surface area (Å²) in [6.07, 6.45) is 0.705. The molecule has 1 amide bonds. The molecule has 2 unspecified atom stereocenters. The minimum Gasteiger partial charge on any atom is -0.392 e. The Morgan fingerprint density at radius 1 is 1.44 bits per heavy atom. The van der Waals surface area contributed by atoms with Gasteiger partial charge in [-0.1, -0.05) is 26.0 Å². The molecule has 0 radical (unpaired) electrons. The molecule has 0 aromatic heterocycles. The van der Waals surface area contributed by atoms with Crippen LogP contribution in [0.15, 0.2) is 29.2 Å². The molecule has 1 aliphatic rings. The molecule has 1 aliphatic carbocycles. The fraction of sp³-hybridized carbons (Fsp3) is 0.500. The van der Waals surface area contributed by atoms with E-state index in [1.807, 2.05) is 38.1 Å². The Labute approximate surface area is 113 Å². The van der Waals surface area contributed by atoms with Crippen molar-refractivity contribution in [2.24, 2.45) is 5.41 Å². The van der Waals surface area contributed by atoms with Crippen molar-refractivity contribution in [2.45, 2.75) is 43.7 Å². The lowest BCUT2D eigenvalue weighted by Crippen LogP contribution is -2.61. The summed E-state index contributed by atoms with van der Waals surface area (Å²) in [5, 5.41) is 12.6. The normalized spacial score (nSPS) is 25.3. The zero-order valence-electron chi connectivity index (χ0n) is 10.7. The Balaban J connectivity index is 1.88. The summed E-state index contributed by atoms with van der Waals surface area (Å²) in [5.74, 6) is 0.00638. The highest BCUT2D eigenvalue weighted by atomic mass is 32.1. The van der Waals surface area contributed by atoms with Crippen molar-refractivity contribution >= 4 is 18.5 Å². The Morgan fingerprint density at radius 2 is 2.06 bits per heavy atom. The standard InChI is InChI=1S/C14H19NO2S/c1-14(2)11(8-12(14)16)15-13(17)7-9-3-5-10(18)6-4-9/h3-6,11-12,16,18H,7-8H2,1-2H3,(H,15,17). The first-order valence-corrected chi connectivity index (χ1v) is 6.59. The molecule has 0 aliphatic heterocycles. The molecule has 18 heavy (non-hydrogen) atoms. The Bertz CT molecular complexity index is 442. The fourth-order valence-corrected chi connectivity index (χ4v) is 2.34. The molecule has 1 saturated carbocycles. The SMILES string of the molecule is CC1(C)C(O)CC1NC(=O)Cc1ccc(S)cc1. The van der Waals surface area contributed by atoms with E-state index in [0.717, 1.165) is 10.5 Å². The summed E-state index contributed by atoms with van der Waals surface area (Å²) < 4.78 is 0. The molecule has 2 atom stereocenters. The highest BCUT2D eigenvalue weighted by molar-refractivity contribution is 7.80. The van der Waals surface area contributed by atoms with Crippen LogP contribution in [0.3, 0.4) is 0 Å². The maximum absolute atomic E-state index is 11.9. The van der Waals surface area contributed by atoms with Crippen molar-refractivity contribution in [1.82, 2.24) is 5.32 Å². The van der Waals surface area contributed by atoms with Crippen molar-refractivity contribution in [3.8, 4) is 0 Å². The van der Waals surface area contributed by atoms with Crippen LogP contribution in [0.4, 0.5) is 0 Å². The number of hydrogen-bond donors (Lipinski definition) is 3. The summed E-state index contributed by atoms with van der Waals surface area (Å²) in [6.45, 7) is 3.95. The number of nitrogens with one attached hydrogen (secondary N) is 1. The van der Waals surface area contributed by atoms with Gasteiger partial charge in [0, 0.05) is 16.4 Å². The van der Waals surface area contributed by atoms with Crippen LogP contribution in [0.1, 0.15) is 25.8 Å². The van der Waals surface area contributed by atoms with Gasteiger partial charge in [-0.25, -0.2) is 0 Å². The molecule has 1 aromatic rings. The van der Waals surface area contributed by atoms with Gasteiger partial charge in [0.05, 0.1) is 12.5 Å². The Morgan fingerprint density at radius 3 is 2.56 bits per heavy atom. The van der Waals surface area contributed by atoms with Gasteiger partial charge < -0.3 is 10.4 Å². The predicted octanol–water partition coefficient (Wildman–Crippen LogP) is 1.79. The summed E-state index contributed by atoms with van der Waals surface area (Å²) in [5.41, 5.74) is 0.757. The smallest absolute Gasteiger partial charge is 0.224 e. The molecular weight excluding hydrogens is 246 g/mol. The molecule has 2 N–H and O–H groups in total. The molecule has 3 nitrogen and oxygen atoms in total. The molecular formula is C14H19NO2S. The molecule has 1 aromatic carbocycles. The third kappa shape index (κ3) is 2.70. The average molecular weight is 265 g/mol. The average Bonchev–Trinajstić information content (AvgIpc) is 2.32. The van der Waals surface area contributed by atoms with Gasteiger partial charge in [0.15, 0.2) is 0 Å². The zero-order valence-corrected chi connectivity index (χ0v) is 11.6. The summed E-state index contributed by atoms with van der Waals surface area (Å²) in [4.78, 5) is 12.8. The number of thiol groups is 1. The molecule has 0 spiro atoms. The highest BCUT2D eigenvalue weighted by Crippen LogP contribution is 2.40. The van der Waals surface area contributed by atoms with Crippen molar-refractivity contribution in [1.29, 1.82) is 0 Å². The molecule has 98 valence electrons. The van der Waals surface area contributed by atoms with Crippen LogP contribution in [-0.2, 0) is 11.2 Å². The topological polar surface area (TPSA) is 49.3 Å².